The van der Waals surface area contributed by atoms with E-state index in [1.54, 1.807) is 0 Å². The molecule has 1 aliphatic rings. The second kappa shape index (κ2) is 9.47. The van der Waals surface area contributed by atoms with Crippen molar-refractivity contribution in [3.05, 3.63) is 0 Å². The van der Waals surface area contributed by atoms with Gasteiger partial charge < -0.3 is 20.0 Å². The van der Waals surface area contributed by atoms with Crippen LogP contribution in [-0.4, -0.2) is 71.7 Å². The summed E-state index contributed by atoms with van der Waals surface area (Å²) in [6.45, 7) is 7.77. The standard InChI is InChI=1S/C14H28N4S2/c1-4-5-6-8-17-9-7-10-18(12-11-17)14(20)15-13(19)16(2)3/h4-12H2,1-3H3,(H,15,19,20). The lowest BCUT2D eigenvalue weighted by molar-refractivity contribution is 0.279. The minimum atomic E-state index is 0.680. The van der Waals surface area contributed by atoms with Crippen LogP contribution in [0.4, 0.5) is 0 Å². The molecule has 0 bridgehead atoms. The molecule has 0 aliphatic carbocycles. The van der Waals surface area contributed by atoms with Gasteiger partial charge in [0.2, 0.25) is 0 Å². The van der Waals surface area contributed by atoms with Crippen molar-refractivity contribution in [2.45, 2.75) is 32.6 Å². The van der Waals surface area contributed by atoms with Crippen molar-refractivity contribution in [2.24, 2.45) is 0 Å². The molecule has 20 heavy (non-hydrogen) atoms. The number of hydrogen-bond donors (Lipinski definition) is 1. The molecule has 4 nitrogen and oxygen atoms in total. The molecule has 6 heteroatoms. The van der Waals surface area contributed by atoms with Gasteiger partial charge in [0.25, 0.3) is 0 Å². The maximum Gasteiger partial charge on any atom is 0.175 e. The van der Waals surface area contributed by atoms with Crippen LogP contribution >= 0.6 is 24.4 Å². The molecular weight excluding hydrogens is 288 g/mol. The predicted molar refractivity (Wildman–Crippen MR) is 94.2 cm³/mol. The Labute approximate surface area is 134 Å². The van der Waals surface area contributed by atoms with E-state index >= 15 is 0 Å². The second-order valence-electron chi connectivity index (χ2n) is 5.52. The molecule has 1 saturated heterocycles. The van der Waals surface area contributed by atoms with Crippen LogP contribution < -0.4 is 5.32 Å². The van der Waals surface area contributed by atoms with Gasteiger partial charge in [0.15, 0.2) is 10.2 Å². The Bertz CT molecular complexity index is 320. The van der Waals surface area contributed by atoms with Gasteiger partial charge >= 0.3 is 0 Å². The Balaban J connectivity index is 2.35. The average Bonchev–Trinajstić information content (AvgIpc) is 2.64. The number of nitrogens with one attached hydrogen (secondary N) is 1. The molecule has 0 atom stereocenters. The number of thiocarbonyl (C=S) groups is 2. The predicted octanol–water partition coefficient (Wildman–Crippen LogP) is 1.91. The highest BCUT2D eigenvalue weighted by atomic mass is 32.1. The van der Waals surface area contributed by atoms with E-state index < -0.39 is 0 Å². The van der Waals surface area contributed by atoms with Gasteiger partial charge in [-0.15, -0.1) is 0 Å². The van der Waals surface area contributed by atoms with E-state index in [-0.39, 0.29) is 0 Å². The van der Waals surface area contributed by atoms with Gasteiger partial charge in [-0.3, -0.25) is 0 Å². The quantitative estimate of drug-likeness (QED) is 0.627. The third-order valence-electron chi connectivity index (χ3n) is 3.57. The molecule has 1 fully saturated rings. The lowest BCUT2D eigenvalue weighted by Crippen LogP contribution is -2.47. The van der Waals surface area contributed by atoms with E-state index in [0.29, 0.717) is 5.11 Å². The summed E-state index contributed by atoms with van der Waals surface area (Å²) in [6.07, 6.45) is 5.10. The third-order valence-corrected chi connectivity index (χ3v) is 4.40. The summed E-state index contributed by atoms with van der Waals surface area (Å²) in [4.78, 5) is 6.67. The maximum absolute atomic E-state index is 5.46. The molecule has 0 aromatic rings. The minimum absolute atomic E-state index is 0.680. The Morgan fingerprint density at radius 2 is 1.85 bits per heavy atom. The largest absolute Gasteiger partial charge is 0.355 e. The zero-order valence-corrected chi connectivity index (χ0v) is 14.7. The number of nitrogens with zero attached hydrogens (tertiary/aromatic N) is 3. The Kier molecular flexibility index (Phi) is 8.33. The van der Waals surface area contributed by atoms with Crippen molar-refractivity contribution >= 4 is 34.7 Å². The fourth-order valence-corrected chi connectivity index (χ4v) is 2.71. The zero-order chi connectivity index (χ0) is 15.0. The normalized spacial score (nSPS) is 16.6. The maximum atomic E-state index is 5.46. The monoisotopic (exact) mass is 316 g/mol. The van der Waals surface area contributed by atoms with Gasteiger partial charge in [-0.1, -0.05) is 19.8 Å². The summed E-state index contributed by atoms with van der Waals surface area (Å²) in [6, 6.07) is 0. The molecule has 1 rings (SSSR count). The Morgan fingerprint density at radius 1 is 1.10 bits per heavy atom. The third kappa shape index (κ3) is 6.33. The van der Waals surface area contributed by atoms with Gasteiger partial charge in [-0.2, -0.15) is 0 Å². The summed E-state index contributed by atoms with van der Waals surface area (Å²) in [7, 11) is 3.85. The molecule has 116 valence electrons. The van der Waals surface area contributed by atoms with E-state index in [0.717, 1.165) is 24.7 Å². The van der Waals surface area contributed by atoms with Crippen LogP contribution in [0, 0.1) is 0 Å². The van der Waals surface area contributed by atoms with E-state index in [1.165, 1.54) is 38.8 Å². The minimum Gasteiger partial charge on any atom is -0.355 e. The van der Waals surface area contributed by atoms with Gasteiger partial charge in [0, 0.05) is 33.7 Å². The summed E-state index contributed by atoms with van der Waals surface area (Å²) < 4.78 is 0. The lowest BCUT2D eigenvalue weighted by Gasteiger charge is -2.26. The summed E-state index contributed by atoms with van der Waals surface area (Å²) >= 11 is 10.7. The Hall–Kier alpha value is -0.460. The highest BCUT2D eigenvalue weighted by Gasteiger charge is 2.17. The molecule has 1 heterocycles. The molecular formula is C14H28N4S2. The van der Waals surface area contributed by atoms with Crippen LogP contribution in [0.15, 0.2) is 0 Å². The smallest absolute Gasteiger partial charge is 0.175 e. The molecule has 0 radical (unpaired) electrons. The summed E-state index contributed by atoms with van der Waals surface area (Å²) in [5.41, 5.74) is 0. The van der Waals surface area contributed by atoms with Gasteiger partial charge in [-0.05, 0) is 50.4 Å². The zero-order valence-electron chi connectivity index (χ0n) is 13.0. The highest BCUT2D eigenvalue weighted by Crippen LogP contribution is 2.06. The van der Waals surface area contributed by atoms with E-state index in [4.69, 9.17) is 24.4 Å². The Morgan fingerprint density at radius 3 is 2.50 bits per heavy atom. The van der Waals surface area contributed by atoms with Crippen molar-refractivity contribution in [1.82, 2.24) is 20.0 Å². The van der Waals surface area contributed by atoms with Gasteiger partial charge in [-0.25, -0.2) is 0 Å². The highest BCUT2D eigenvalue weighted by molar-refractivity contribution is 7.81. The molecule has 1 N–H and O–H groups in total. The second-order valence-corrected chi connectivity index (χ2v) is 6.29. The van der Waals surface area contributed by atoms with E-state index in [9.17, 15) is 0 Å². The molecule has 0 aromatic heterocycles. The van der Waals surface area contributed by atoms with Crippen molar-refractivity contribution in [2.75, 3.05) is 46.8 Å². The van der Waals surface area contributed by atoms with Gasteiger partial charge in [0.05, 0.1) is 0 Å². The van der Waals surface area contributed by atoms with Crippen LogP contribution in [0.3, 0.4) is 0 Å². The van der Waals surface area contributed by atoms with Crippen LogP contribution in [0.5, 0.6) is 0 Å². The fraction of sp³-hybridized carbons (Fsp3) is 0.857. The molecule has 1 aliphatic heterocycles. The number of hydrogen-bond acceptors (Lipinski definition) is 3. The molecule has 0 spiro atoms. The summed E-state index contributed by atoms with van der Waals surface area (Å²) in [5, 5.41) is 4.58. The average molecular weight is 317 g/mol. The first kappa shape index (κ1) is 17.6. The molecule has 0 unspecified atom stereocenters. The lowest BCUT2D eigenvalue weighted by atomic mass is 10.2. The van der Waals surface area contributed by atoms with Crippen molar-refractivity contribution in [3.8, 4) is 0 Å². The first-order chi connectivity index (χ1) is 9.54. The molecule has 0 amide bonds. The van der Waals surface area contributed by atoms with Crippen LogP contribution in [0.1, 0.15) is 32.6 Å². The number of rotatable bonds is 4. The first-order valence-corrected chi connectivity index (χ1v) is 8.35. The topological polar surface area (TPSA) is 21.8 Å². The summed E-state index contributed by atoms with van der Waals surface area (Å²) in [5.74, 6) is 0. The first-order valence-electron chi connectivity index (χ1n) is 7.54. The van der Waals surface area contributed by atoms with Crippen LogP contribution in [0.25, 0.3) is 0 Å². The number of unbranched alkanes of at least 4 members (excludes halogenated alkanes) is 2. The van der Waals surface area contributed by atoms with Crippen molar-refractivity contribution < 1.29 is 0 Å². The van der Waals surface area contributed by atoms with Crippen LogP contribution in [0.2, 0.25) is 0 Å². The molecule has 0 saturated carbocycles. The van der Waals surface area contributed by atoms with Crippen molar-refractivity contribution in [1.29, 1.82) is 0 Å². The van der Waals surface area contributed by atoms with Crippen molar-refractivity contribution in [3.63, 3.8) is 0 Å². The van der Waals surface area contributed by atoms with Gasteiger partial charge in [0.1, 0.15) is 0 Å². The van der Waals surface area contributed by atoms with E-state index in [2.05, 4.69) is 22.0 Å². The fourth-order valence-electron chi connectivity index (χ4n) is 2.27. The van der Waals surface area contributed by atoms with Crippen LogP contribution in [-0.2, 0) is 0 Å². The SMILES string of the molecule is CCCCCN1CCCN(C(=S)NC(=S)N(C)C)CC1. The molecule has 0 aromatic carbocycles. The van der Waals surface area contributed by atoms with E-state index in [1.807, 2.05) is 19.0 Å².